The summed E-state index contributed by atoms with van der Waals surface area (Å²) >= 11 is 6.22. The lowest BCUT2D eigenvalue weighted by Crippen LogP contribution is -2.20. The Hall–Kier alpha value is -1.71. The second-order valence-electron chi connectivity index (χ2n) is 6.37. The zero-order valence-corrected chi connectivity index (χ0v) is 14.6. The molecule has 0 spiro atoms. The minimum atomic E-state index is 0.246. The lowest BCUT2D eigenvalue weighted by atomic mass is 9.98. The summed E-state index contributed by atoms with van der Waals surface area (Å²) < 4.78 is 5.87. The van der Waals surface area contributed by atoms with Gasteiger partial charge in [-0.15, -0.1) is 0 Å². The van der Waals surface area contributed by atoms with Crippen molar-refractivity contribution < 1.29 is 9.84 Å². The van der Waals surface area contributed by atoms with Crippen molar-refractivity contribution in [1.29, 1.82) is 0 Å². The molecule has 2 aromatic carbocycles. The van der Waals surface area contributed by atoms with Gasteiger partial charge in [0.1, 0.15) is 12.5 Å². The van der Waals surface area contributed by atoms with Crippen molar-refractivity contribution in [3.05, 3.63) is 58.6 Å². The predicted octanol–water partition coefficient (Wildman–Crippen LogP) is 5.36. The van der Waals surface area contributed by atoms with Crippen molar-refractivity contribution in [1.82, 2.24) is 0 Å². The van der Waals surface area contributed by atoms with Gasteiger partial charge in [0.15, 0.2) is 0 Å². The summed E-state index contributed by atoms with van der Waals surface area (Å²) in [6.45, 7) is 0.392. The number of phenols is 1. The van der Waals surface area contributed by atoms with Crippen molar-refractivity contribution in [3.63, 3.8) is 0 Å². The molecule has 1 saturated carbocycles. The van der Waals surface area contributed by atoms with E-state index in [9.17, 15) is 5.11 Å². The Bertz CT molecular complexity index is 654. The van der Waals surface area contributed by atoms with E-state index in [-0.39, 0.29) is 5.75 Å². The first kappa shape index (κ1) is 17.1. The van der Waals surface area contributed by atoms with E-state index in [0.717, 1.165) is 24.0 Å². The Morgan fingerprint density at radius 2 is 1.83 bits per heavy atom. The van der Waals surface area contributed by atoms with Crippen LogP contribution in [0.4, 0.5) is 5.69 Å². The number of phenolic OH excluding ortho intramolecular Hbond substituents is 1. The zero-order valence-electron chi connectivity index (χ0n) is 13.8. The summed E-state index contributed by atoms with van der Waals surface area (Å²) in [4.78, 5) is 0. The maximum Gasteiger partial charge on any atom is 0.142 e. The Morgan fingerprint density at radius 3 is 2.58 bits per heavy atom. The largest absolute Gasteiger partial charge is 0.505 e. The molecule has 3 nitrogen and oxygen atoms in total. The van der Waals surface area contributed by atoms with Crippen molar-refractivity contribution in [2.24, 2.45) is 0 Å². The van der Waals surface area contributed by atoms with Gasteiger partial charge < -0.3 is 15.2 Å². The number of benzene rings is 2. The number of aromatic hydroxyl groups is 1. The molecule has 1 aliphatic rings. The summed E-state index contributed by atoms with van der Waals surface area (Å²) in [5, 5.41) is 14.3. The third kappa shape index (κ3) is 4.65. The number of nitrogens with one attached hydrogen (secondary N) is 1. The zero-order chi connectivity index (χ0) is 16.8. The van der Waals surface area contributed by atoms with Gasteiger partial charge in [0.25, 0.3) is 0 Å². The highest BCUT2D eigenvalue weighted by atomic mass is 35.5. The average molecular weight is 346 g/mol. The fourth-order valence-corrected chi connectivity index (χ4v) is 3.45. The molecule has 128 valence electrons. The standard InChI is InChI=1S/C20H24ClNO2/c21-17-12-16(11-15-7-3-1-4-8-15)20(23)19(13-17)22-14-24-18-9-5-2-6-10-18/h1,3-4,7-8,12-13,18,22-23H,2,5-6,9-11,14H2. The summed E-state index contributed by atoms with van der Waals surface area (Å²) in [5.41, 5.74) is 2.58. The van der Waals surface area contributed by atoms with Crippen LogP contribution < -0.4 is 5.32 Å². The van der Waals surface area contributed by atoms with Gasteiger partial charge in [-0.2, -0.15) is 0 Å². The number of halogens is 1. The van der Waals surface area contributed by atoms with Crippen LogP contribution >= 0.6 is 11.6 Å². The molecule has 0 amide bonds. The molecule has 4 heteroatoms. The van der Waals surface area contributed by atoms with E-state index < -0.39 is 0 Å². The molecule has 1 aliphatic carbocycles. The molecule has 0 atom stereocenters. The number of hydrogen-bond donors (Lipinski definition) is 2. The second kappa shape index (κ2) is 8.41. The Kier molecular flexibility index (Phi) is 6.00. The van der Waals surface area contributed by atoms with Crippen molar-refractivity contribution >= 4 is 17.3 Å². The Morgan fingerprint density at radius 1 is 1.08 bits per heavy atom. The van der Waals surface area contributed by atoms with Crippen LogP contribution in [0.5, 0.6) is 5.75 Å². The molecular weight excluding hydrogens is 322 g/mol. The van der Waals surface area contributed by atoms with Crippen LogP contribution in [-0.4, -0.2) is 17.9 Å². The minimum absolute atomic E-state index is 0.246. The molecule has 0 aliphatic heterocycles. The van der Waals surface area contributed by atoms with Gasteiger partial charge in [0, 0.05) is 17.0 Å². The van der Waals surface area contributed by atoms with Gasteiger partial charge in [0.05, 0.1) is 11.8 Å². The van der Waals surface area contributed by atoms with E-state index in [1.807, 2.05) is 36.4 Å². The average Bonchev–Trinajstić information content (AvgIpc) is 2.60. The Balaban J connectivity index is 1.64. The van der Waals surface area contributed by atoms with Gasteiger partial charge in [-0.1, -0.05) is 61.2 Å². The SMILES string of the molecule is Oc1c(Cc2ccccc2)cc(Cl)cc1NCOC1CCCCC1. The first-order chi connectivity index (χ1) is 11.7. The van der Waals surface area contributed by atoms with Gasteiger partial charge in [-0.3, -0.25) is 0 Å². The summed E-state index contributed by atoms with van der Waals surface area (Å²) in [7, 11) is 0. The highest BCUT2D eigenvalue weighted by Crippen LogP contribution is 2.33. The number of rotatable bonds is 6. The number of anilines is 1. The van der Waals surface area contributed by atoms with Crippen LogP contribution in [0.2, 0.25) is 5.02 Å². The van der Waals surface area contributed by atoms with E-state index in [2.05, 4.69) is 5.32 Å². The van der Waals surface area contributed by atoms with Gasteiger partial charge in [-0.05, 0) is 30.5 Å². The monoisotopic (exact) mass is 345 g/mol. The fourth-order valence-electron chi connectivity index (χ4n) is 3.21. The highest BCUT2D eigenvalue weighted by molar-refractivity contribution is 6.31. The maximum absolute atomic E-state index is 10.5. The molecular formula is C20H24ClNO2. The van der Waals surface area contributed by atoms with Crippen LogP contribution in [-0.2, 0) is 11.2 Å². The van der Waals surface area contributed by atoms with Crippen LogP contribution in [0.25, 0.3) is 0 Å². The summed E-state index contributed by atoms with van der Waals surface area (Å²) in [6.07, 6.45) is 7.03. The molecule has 0 unspecified atom stereocenters. The molecule has 0 bridgehead atoms. The quantitative estimate of drug-likeness (QED) is 0.547. The molecule has 0 saturated heterocycles. The van der Waals surface area contributed by atoms with Crippen molar-refractivity contribution in [2.75, 3.05) is 12.0 Å². The molecule has 0 heterocycles. The summed E-state index contributed by atoms with van der Waals surface area (Å²) in [5.74, 6) is 0.246. The number of ether oxygens (including phenoxy) is 1. The predicted molar refractivity (Wildman–Crippen MR) is 98.8 cm³/mol. The Labute approximate surface area is 148 Å². The first-order valence-corrected chi connectivity index (χ1v) is 9.01. The van der Waals surface area contributed by atoms with Crippen LogP contribution in [0.15, 0.2) is 42.5 Å². The topological polar surface area (TPSA) is 41.5 Å². The van der Waals surface area contributed by atoms with Crippen LogP contribution in [0, 0.1) is 0 Å². The van der Waals surface area contributed by atoms with Crippen LogP contribution in [0.1, 0.15) is 43.2 Å². The molecule has 0 radical (unpaired) electrons. The third-order valence-electron chi connectivity index (χ3n) is 4.52. The van der Waals surface area contributed by atoms with Crippen molar-refractivity contribution in [3.8, 4) is 5.75 Å². The normalized spacial score (nSPS) is 15.4. The van der Waals surface area contributed by atoms with Crippen LogP contribution in [0.3, 0.4) is 0 Å². The van der Waals surface area contributed by atoms with E-state index in [4.69, 9.17) is 16.3 Å². The van der Waals surface area contributed by atoms with E-state index in [1.165, 1.54) is 19.3 Å². The lowest BCUT2D eigenvalue weighted by molar-refractivity contribution is 0.0399. The fraction of sp³-hybridized carbons (Fsp3) is 0.400. The molecule has 2 N–H and O–H groups in total. The third-order valence-corrected chi connectivity index (χ3v) is 4.74. The highest BCUT2D eigenvalue weighted by Gasteiger charge is 2.14. The molecule has 0 aromatic heterocycles. The minimum Gasteiger partial charge on any atom is -0.505 e. The van der Waals surface area contributed by atoms with Gasteiger partial charge >= 0.3 is 0 Å². The smallest absolute Gasteiger partial charge is 0.142 e. The van der Waals surface area contributed by atoms with Gasteiger partial charge in [0.2, 0.25) is 0 Å². The van der Waals surface area contributed by atoms with Crippen molar-refractivity contribution in [2.45, 2.75) is 44.6 Å². The molecule has 24 heavy (non-hydrogen) atoms. The molecule has 2 aromatic rings. The molecule has 1 fully saturated rings. The van der Waals surface area contributed by atoms with E-state index >= 15 is 0 Å². The summed E-state index contributed by atoms with van der Waals surface area (Å²) in [6, 6.07) is 13.6. The van der Waals surface area contributed by atoms with E-state index in [0.29, 0.717) is 30.0 Å². The molecule has 3 rings (SSSR count). The van der Waals surface area contributed by atoms with E-state index in [1.54, 1.807) is 6.07 Å². The lowest BCUT2D eigenvalue weighted by Gasteiger charge is -2.22. The van der Waals surface area contributed by atoms with Gasteiger partial charge in [-0.25, -0.2) is 0 Å². The maximum atomic E-state index is 10.5. The first-order valence-electron chi connectivity index (χ1n) is 8.63. The second-order valence-corrected chi connectivity index (χ2v) is 6.81. The number of hydrogen-bond acceptors (Lipinski definition) is 3.